The predicted octanol–water partition coefficient (Wildman–Crippen LogP) is 2.74. The second-order valence-electron chi connectivity index (χ2n) is 3.72. The molecular formula is C12H19NO. The van der Waals surface area contributed by atoms with Gasteiger partial charge in [0.05, 0.1) is 0 Å². The number of unbranched alkanes of at least 4 members (excludes halogenated alkanes) is 3. The summed E-state index contributed by atoms with van der Waals surface area (Å²) in [6.07, 6.45) is 4.83. The van der Waals surface area contributed by atoms with Crippen molar-refractivity contribution in [3.63, 3.8) is 0 Å². The summed E-state index contributed by atoms with van der Waals surface area (Å²) in [6.45, 7) is 5.05. The van der Waals surface area contributed by atoms with Gasteiger partial charge in [0.15, 0.2) is 0 Å². The molecular weight excluding hydrogens is 174 g/mol. The lowest BCUT2D eigenvalue weighted by Crippen LogP contribution is -2.20. The lowest BCUT2D eigenvalue weighted by molar-refractivity contribution is 0.561. The van der Waals surface area contributed by atoms with Crippen molar-refractivity contribution in [1.82, 2.24) is 4.57 Å². The van der Waals surface area contributed by atoms with Crippen LogP contribution in [0.3, 0.4) is 0 Å². The van der Waals surface area contributed by atoms with Crippen molar-refractivity contribution < 1.29 is 0 Å². The van der Waals surface area contributed by atoms with E-state index < -0.39 is 0 Å². The van der Waals surface area contributed by atoms with Crippen LogP contribution in [0.4, 0.5) is 0 Å². The molecule has 78 valence electrons. The van der Waals surface area contributed by atoms with Crippen molar-refractivity contribution in [3.8, 4) is 0 Å². The maximum Gasteiger partial charge on any atom is 0.250 e. The molecule has 1 rings (SSSR count). The number of aromatic nitrogens is 1. The Bertz CT molecular complexity index is 327. The van der Waals surface area contributed by atoms with E-state index in [9.17, 15) is 4.79 Å². The van der Waals surface area contributed by atoms with E-state index in [-0.39, 0.29) is 5.56 Å². The molecule has 0 N–H and O–H groups in total. The van der Waals surface area contributed by atoms with Gasteiger partial charge in [-0.2, -0.15) is 0 Å². The standard InChI is InChI=1S/C12H19NO/c1-3-4-5-6-10-13-11(2)8-7-9-12(13)14/h7-9H,3-6,10H2,1-2H3. The SMILES string of the molecule is CCCCCCn1c(C)cccc1=O. The van der Waals surface area contributed by atoms with Crippen molar-refractivity contribution in [1.29, 1.82) is 0 Å². The van der Waals surface area contributed by atoms with Gasteiger partial charge in [0, 0.05) is 18.3 Å². The number of hydrogen-bond donors (Lipinski definition) is 0. The van der Waals surface area contributed by atoms with Gasteiger partial charge in [0.1, 0.15) is 0 Å². The summed E-state index contributed by atoms with van der Waals surface area (Å²) in [6, 6.07) is 5.44. The molecule has 1 aromatic rings. The zero-order chi connectivity index (χ0) is 10.4. The molecule has 0 spiro atoms. The molecule has 0 bridgehead atoms. The van der Waals surface area contributed by atoms with E-state index in [4.69, 9.17) is 0 Å². The molecule has 0 radical (unpaired) electrons. The van der Waals surface area contributed by atoms with Crippen molar-refractivity contribution in [2.75, 3.05) is 0 Å². The second kappa shape index (κ2) is 5.63. The highest BCUT2D eigenvalue weighted by atomic mass is 16.1. The molecule has 1 heterocycles. The summed E-state index contributed by atoms with van der Waals surface area (Å²) < 4.78 is 1.86. The van der Waals surface area contributed by atoms with Crippen LogP contribution in [0, 0.1) is 6.92 Å². The molecule has 0 aromatic carbocycles. The van der Waals surface area contributed by atoms with E-state index in [2.05, 4.69) is 6.92 Å². The smallest absolute Gasteiger partial charge is 0.250 e. The first-order chi connectivity index (χ1) is 6.75. The first kappa shape index (κ1) is 11.0. The molecule has 2 nitrogen and oxygen atoms in total. The molecule has 0 atom stereocenters. The Morgan fingerprint density at radius 3 is 2.64 bits per heavy atom. The van der Waals surface area contributed by atoms with E-state index in [0.29, 0.717) is 0 Å². The highest BCUT2D eigenvalue weighted by molar-refractivity contribution is 5.04. The number of hydrogen-bond acceptors (Lipinski definition) is 1. The van der Waals surface area contributed by atoms with Gasteiger partial charge >= 0.3 is 0 Å². The Hall–Kier alpha value is -1.05. The third-order valence-corrected chi connectivity index (χ3v) is 2.50. The lowest BCUT2D eigenvalue weighted by atomic mass is 10.2. The van der Waals surface area contributed by atoms with E-state index in [1.807, 2.05) is 23.6 Å². The zero-order valence-corrected chi connectivity index (χ0v) is 9.12. The molecule has 0 fully saturated rings. The number of rotatable bonds is 5. The largest absolute Gasteiger partial charge is 0.313 e. The maximum atomic E-state index is 11.5. The van der Waals surface area contributed by atoms with Gasteiger partial charge < -0.3 is 4.57 Å². The molecule has 0 aliphatic carbocycles. The topological polar surface area (TPSA) is 22.0 Å². The number of pyridine rings is 1. The van der Waals surface area contributed by atoms with Crippen LogP contribution in [-0.2, 0) is 6.54 Å². The Kier molecular flexibility index (Phi) is 4.44. The fourth-order valence-electron chi connectivity index (χ4n) is 1.61. The Labute approximate surface area is 85.6 Å². The highest BCUT2D eigenvalue weighted by Crippen LogP contribution is 2.02. The molecule has 0 aliphatic rings. The van der Waals surface area contributed by atoms with Crippen molar-refractivity contribution >= 4 is 0 Å². The van der Waals surface area contributed by atoms with Crippen LogP contribution in [-0.4, -0.2) is 4.57 Å². The molecule has 0 aliphatic heterocycles. The van der Waals surface area contributed by atoms with E-state index >= 15 is 0 Å². The fraction of sp³-hybridized carbons (Fsp3) is 0.583. The monoisotopic (exact) mass is 193 g/mol. The molecule has 0 unspecified atom stereocenters. The highest BCUT2D eigenvalue weighted by Gasteiger charge is 1.97. The molecule has 0 amide bonds. The molecule has 0 saturated heterocycles. The van der Waals surface area contributed by atoms with Crippen molar-refractivity contribution in [3.05, 3.63) is 34.2 Å². The van der Waals surface area contributed by atoms with Crippen LogP contribution in [0.2, 0.25) is 0 Å². The third kappa shape index (κ3) is 3.02. The van der Waals surface area contributed by atoms with Crippen LogP contribution in [0.25, 0.3) is 0 Å². The summed E-state index contributed by atoms with van der Waals surface area (Å²) in [7, 11) is 0. The van der Waals surface area contributed by atoms with E-state index in [1.54, 1.807) is 6.07 Å². The summed E-state index contributed by atoms with van der Waals surface area (Å²) in [5.74, 6) is 0. The zero-order valence-electron chi connectivity index (χ0n) is 9.12. The van der Waals surface area contributed by atoms with Gasteiger partial charge in [-0.1, -0.05) is 32.3 Å². The summed E-state index contributed by atoms with van der Waals surface area (Å²) in [5.41, 5.74) is 1.19. The average molecular weight is 193 g/mol. The minimum absolute atomic E-state index is 0.126. The van der Waals surface area contributed by atoms with Crippen molar-refractivity contribution in [2.45, 2.75) is 46.1 Å². The van der Waals surface area contributed by atoms with Crippen molar-refractivity contribution in [2.24, 2.45) is 0 Å². The van der Waals surface area contributed by atoms with Crippen LogP contribution in [0.15, 0.2) is 23.0 Å². The quantitative estimate of drug-likeness (QED) is 0.659. The first-order valence-corrected chi connectivity index (χ1v) is 5.42. The third-order valence-electron chi connectivity index (χ3n) is 2.50. The normalized spacial score (nSPS) is 10.4. The van der Waals surface area contributed by atoms with Gasteiger partial charge in [-0.25, -0.2) is 0 Å². The fourth-order valence-corrected chi connectivity index (χ4v) is 1.61. The summed E-state index contributed by atoms with van der Waals surface area (Å²) >= 11 is 0. The van der Waals surface area contributed by atoms with E-state index in [1.165, 1.54) is 19.3 Å². The van der Waals surface area contributed by atoms with Crippen LogP contribution >= 0.6 is 0 Å². The number of aryl methyl sites for hydroxylation is 1. The lowest BCUT2D eigenvalue weighted by Gasteiger charge is -2.08. The van der Waals surface area contributed by atoms with Crippen LogP contribution in [0.1, 0.15) is 38.3 Å². The second-order valence-corrected chi connectivity index (χ2v) is 3.72. The Morgan fingerprint density at radius 1 is 1.21 bits per heavy atom. The van der Waals surface area contributed by atoms with Crippen LogP contribution in [0.5, 0.6) is 0 Å². The first-order valence-electron chi connectivity index (χ1n) is 5.42. The summed E-state index contributed by atoms with van der Waals surface area (Å²) in [4.78, 5) is 11.5. The molecule has 0 saturated carbocycles. The van der Waals surface area contributed by atoms with Gasteiger partial charge in [0.2, 0.25) is 0 Å². The minimum atomic E-state index is 0.126. The van der Waals surface area contributed by atoms with Gasteiger partial charge in [-0.15, -0.1) is 0 Å². The Morgan fingerprint density at radius 2 is 2.00 bits per heavy atom. The minimum Gasteiger partial charge on any atom is -0.313 e. The average Bonchev–Trinajstić information content (AvgIpc) is 2.16. The molecule has 2 heteroatoms. The van der Waals surface area contributed by atoms with E-state index in [0.717, 1.165) is 18.7 Å². The van der Waals surface area contributed by atoms with Gasteiger partial charge in [-0.05, 0) is 19.4 Å². The molecule has 14 heavy (non-hydrogen) atoms. The Balaban J connectivity index is 2.54. The maximum absolute atomic E-state index is 11.5. The number of nitrogens with zero attached hydrogens (tertiary/aromatic N) is 1. The van der Waals surface area contributed by atoms with Gasteiger partial charge in [-0.3, -0.25) is 4.79 Å². The predicted molar refractivity (Wildman–Crippen MR) is 59.6 cm³/mol. The van der Waals surface area contributed by atoms with Gasteiger partial charge in [0.25, 0.3) is 5.56 Å². The summed E-state index contributed by atoms with van der Waals surface area (Å²) in [5, 5.41) is 0. The van der Waals surface area contributed by atoms with Crippen LogP contribution < -0.4 is 5.56 Å². The molecule has 1 aromatic heterocycles.